The number of anilines is 1. The maximum Gasteiger partial charge on any atom is 0.228 e. The minimum atomic E-state index is -0.193. The first-order chi connectivity index (χ1) is 12.8. The minimum absolute atomic E-state index is 0.0228. The summed E-state index contributed by atoms with van der Waals surface area (Å²) in [4.78, 5) is 24.7. The summed E-state index contributed by atoms with van der Waals surface area (Å²) in [6, 6.07) is 7.97. The third kappa shape index (κ3) is 5.44. The molecule has 4 nitrogen and oxygen atoms in total. The van der Waals surface area contributed by atoms with Gasteiger partial charge in [-0.3, -0.25) is 9.59 Å². The number of amides is 2. The van der Waals surface area contributed by atoms with Crippen molar-refractivity contribution in [1.29, 1.82) is 0 Å². The van der Waals surface area contributed by atoms with Crippen LogP contribution in [0.25, 0.3) is 0 Å². The lowest BCUT2D eigenvalue weighted by molar-refractivity contribution is -0.125. The molecule has 0 bridgehead atoms. The Balaban J connectivity index is 1.41. The SMILES string of the molecule is CC(C)(C)c1ccc(NC(=O)C2CC2C(=O)NCCC2=CCCCC2)cc1. The van der Waals surface area contributed by atoms with E-state index in [0.717, 1.165) is 12.1 Å². The molecule has 0 radical (unpaired) electrons. The monoisotopic (exact) mass is 368 g/mol. The van der Waals surface area contributed by atoms with E-state index in [4.69, 9.17) is 0 Å². The highest BCUT2D eigenvalue weighted by Crippen LogP contribution is 2.39. The summed E-state index contributed by atoms with van der Waals surface area (Å²) in [5.41, 5.74) is 3.58. The van der Waals surface area contributed by atoms with Crippen LogP contribution in [-0.2, 0) is 15.0 Å². The lowest BCUT2D eigenvalue weighted by Crippen LogP contribution is -2.28. The van der Waals surface area contributed by atoms with Gasteiger partial charge in [0.1, 0.15) is 0 Å². The van der Waals surface area contributed by atoms with Gasteiger partial charge in [0.15, 0.2) is 0 Å². The molecule has 0 heterocycles. The first kappa shape index (κ1) is 19.7. The van der Waals surface area contributed by atoms with E-state index in [2.05, 4.69) is 37.5 Å². The fourth-order valence-corrected chi connectivity index (χ4v) is 3.67. The summed E-state index contributed by atoms with van der Waals surface area (Å²) < 4.78 is 0. The summed E-state index contributed by atoms with van der Waals surface area (Å²) in [5, 5.41) is 5.95. The number of rotatable bonds is 6. The van der Waals surface area contributed by atoms with E-state index < -0.39 is 0 Å². The van der Waals surface area contributed by atoms with Crippen molar-refractivity contribution in [2.24, 2.45) is 11.8 Å². The van der Waals surface area contributed by atoms with Crippen molar-refractivity contribution in [3.05, 3.63) is 41.5 Å². The van der Waals surface area contributed by atoms with Crippen LogP contribution in [0.3, 0.4) is 0 Å². The molecule has 4 heteroatoms. The number of carbonyl (C=O) groups is 2. The Kier molecular flexibility index (Phi) is 6.03. The highest BCUT2D eigenvalue weighted by Gasteiger charge is 2.47. The molecular formula is C23H32N2O2. The molecule has 3 rings (SSSR count). The van der Waals surface area contributed by atoms with Crippen molar-refractivity contribution in [2.75, 3.05) is 11.9 Å². The van der Waals surface area contributed by atoms with E-state index in [9.17, 15) is 9.59 Å². The fraction of sp³-hybridized carbons (Fsp3) is 0.565. The molecule has 1 aromatic carbocycles. The van der Waals surface area contributed by atoms with Gasteiger partial charge in [0.05, 0.1) is 11.8 Å². The van der Waals surface area contributed by atoms with Crippen molar-refractivity contribution in [2.45, 2.75) is 64.7 Å². The first-order valence-electron chi connectivity index (χ1n) is 10.2. The number of benzene rings is 1. The van der Waals surface area contributed by atoms with Crippen LogP contribution < -0.4 is 10.6 Å². The van der Waals surface area contributed by atoms with Gasteiger partial charge < -0.3 is 10.6 Å². The predicted molar refractivity (Wildman–Crippen MR) is 110 cm³/mol. The average Bonchev–Trinajstić information content (AvgIpc) is 3.43. The van der Waals surface area contributed by atoms with Crippen LogP contribution in [-0.4, -0.2) is 18.4 Å². The highest BCUT2D eigenvalue weighted by atomic mass is 16.2. The Morgan fingerprint density at radius 1 is 1.04 bits per heavy atom. The van der Waals surface area contributed by atoms with Crippen LogP contribution in [0.15, 0.2) is 35.9 Å². The molecule has 1 saturated carbocycles. The quantitative estimate of drug-likeness (QED) is 0.723. The molecule has 0 spiro atoms. The van der Waals surface area contributed by atoms with Gasteiger partial charge in [0.25, 0.3) is 0 Å². The largest absolute Gasteiger partial charge is 0.356 e. The zero-order chi connectivity index (χ0) is 19.4. The molecule has 2 aliphatic carbocycles. The number of hydrogen-bond acceptors (Lipinski definition) is 2. The van der Waals surface area contributed by atoms with Crippen LogP contribution in [0.2, 0.25) is 0 Å². The molecule has 146 valence electrons. The normalized spacial score (nSPS) is 22.0. The topological polar surface area (TPSA) is 58.2 Å². The third-order valence-electron chi connectivity index (χ3n) is 5.61. The third-order valence-corrected chi connectivity index (χ3v) is 5.61. The second-order valence-corrected chi connectivity index (χ2v) is 8.91. The van der Waals surface area contributed by atoms with Gasteiger partial charge in [-0.05, 0) is 61.6 Å². The maximum atomic E-state index is 12.4. The lowest BCUT2D eigenvalue weighted by atomic mass is 9.87. The van der Waals surface area contributed by atoms with E-state index in [-0.39, 0.29) is 29.1 Å². The van der Waals surface area contributed by atoms with Gasteiger partial charge in [0, 0.05) is 12.2 Å². The second kappa shape index (κ2) is 8.28. The summed E-state index contributed by atoms with van der Waals surface area (Å²) in [5.74, 6) is -0.385. The van der Waals surface area contributed by atoms with Gasteiger partial charge in [-0.15, -0.1) is 0 Å². The molecular weight excluding hydrogens is 336 g/mol. The Hall–Kier alpha value is -2.10. The molecule has 0 aromatic heterocycles. The summed E-state index contributed by atoms with van der Waals surface area (Å²) in [6.07, 6.45) is 8.79. The van der Waals surface area contributed by atoms with Crippen LogP contribution in [0.1, 0.15) is 64.9 Å². The van der Waals surface area contributed by atoms with E-state index in [1.807, 2.05) is 24.3 Å². The molecule has 2 amide bonds. The molecule has 0 aliphatic heterocycles. The van der Waals surface area contributed by atoms with Crippen molar-refractivity contribution < 1.29 is 9.59 Å². The molecule has 2 unspecified atom stereocenters. The zero-order valence-corrected chi connectivity index (χ0v) is 16.8. The molecule has 2 aliphatic rings. The van der Waals surface area contributed by atoms with E-state index in [1.54, 1.807) is 0 Å². The van der Waals surface area contributed by atoms with Crippen LogP contribution in [0.4, 0.5) is 5.69 Å². The van der Waals surface area contributed by atoms with Gasteiger partial charge in [-0.2, -0.15) is 0 Å². The number of nitrogens with one attached hydrogen (secondary N) is 2. The van der Waals surface area contributed by atoms with Crippen molar-refractivity contribution >= 4 is 17.5 Å². The van der Waals surface area contributed by atoms with E-state index >= 15 is 0 Å². The van der Waals surface area contributed by atoms with Gasteiger partial charge in [-0.1, -0.05) is 44.6 Å². The fourth-order valence-electron chi connectivity index (χ4n) is 3.67. The Morgan fingerprint density at radius 2 is 1.74 bits per heavy atom. The first-order valence-corrected chi connectivity index (χ1v) is 10.2. The standard InChI is InChI=1S/C23H32N2O2/c1-23(2,3)17-9-11-18(12-10-17)25-22(27)20-15-19(20)21(26)24-14-13-16-7-5-4-6-8-16/h7,9-12,19-20H,4-6,8,13-15H2,1-3H3,(H,24,26)(H,25,27). The zero-order valence-electron chi connectivity index (χ0n) is 16.8. The van der Waals surface area contributed by atoms with E-state index in [1.165, 1.54) is 36.8 Å². The van der Waals surface area contributed by atoms with Crippen molar-refractivity contribution in [3.63, 3.8) is 0 Å². The lowest BCUT2D eigenvalue weighted by Gasteiger charge is -2.19. The summed E-state index contributed by atoms with van der Waals surface area (Å²) in [7, 11) is 0. The number of allylic oxidation sites excluding steroid dienone is 1. The van der Waals surface area contributed by atoms with Crippen LogP contribution in [0.5, 0.6) is 0 Å². The molecule has 2 N–H and O–H groups in total. The number of carbonyl (C=O) groups excluding carboxylic acids is 2. The van der Waals surface area contributed by atoms with Crippen molar-refractivity contribution in [3.8, 4) is 0 Å². The van der Waals surface area contributed by atoms with Gasteiger partial charge in [0.2, 0.25) is 11.8 Å². The smallest absolute Gasteiger partial charge is 0.228 e. The predicted octanol–water partition coefficient (Wildman–Crippen LogP) is 4.57. The summed E-state index contributed by atoms with van der Waals surface area (Å²) in [6.45, 7) is 7.18. The Labute approximate surface area is 162 Å². The minimum Gasteiger partial charge on any atom is -0.356 e. The Morgan fingerprint density at radius 3 is 2.37 bits per heavy atom. The molecule has 1 aromatic rings. The maximum absolute atomic E-state index is 12.4. The van der Waals surface area contributed by atoms with Crippen LogP contribution >= 0.6 is 0 Å². The molecule has 0 saturated heterocycles. The van der Waals surface area contributed by atoms with Gasteiger partial charge in [-0.25, -0.2) is 0 Å². The second-order valence-electron chi connectivity index (χ2n) is 8.91. The van der Waals surface area contributed by atoms with Gasteiger partial charge >= 0.3 is 0 Å². The van der Waals surface area contributed by atoms with E-state index in [0.29, 0.717) is 13.0 Å². The average molecular weight is 369 g/mol. The molecule has 1 fully saturated rings. The highest BCUT2D eigenvalue weighted by molar-refractivity contribution is 5.99. The Bertz CT molecular complexity index is 713. The summed E-state index contributed by atoms with van der Waals surface area (Å²) >= 11 is 0. The van der Waals surface area contributed by atoms with Crippen LogP contribution in [0, 0.1) is 11.8 Å². The number of hydrogen-bond donors (Lipinski definition) is 2. The molecule has 27 heavy (non-hydrogen) atoms. The van der Waals surface area contributed by atoms with Crippen molar-refractivity contribution in [1.82, 2.24) is 5.32 Å². The molecule has 2 atom stereocenters.